The Morgan fingerprint density at radius 2 is 2.20 bits per heavy atom. The Hall–Kier alpha value is -1.76. The molecular formula is C8H13N5O2. The van der Waals surface area contributed by atoms with E-state index in [-0.39, 0.29) is 6.01 Å². The molecule has 4 N–H and O–H groups in total. The molecule has 0 spiro atoms. The molecule has 15 heavy (non-hydrogen) atoms. The summed E-state index contributed by atoms with van der Waals surface area (Å²) in [6.07, 6.45) is 0. The van der Waals surface area contributed by atoms with Crippen molar-refractivity contribution in [3.8, 4) is 6.01 Å². The van der Waals surface area contributed by atoms with Crippen LogP contribution in [0.1, 0.15) is 0 Å². The molecule has 0 radical (unpaired) electrons. The van der Waals surface area contributed by atoms with E-state index in [1.807, 2.05) is 0 Å². The van der Waals surface area contributed by atoms with Gasteiger partial charge in [-0.3, -0.25) is 0 Å². The van der Waals surface area contributed by atoms with Crippen LogP contribution in [0.15, 0.2) is 0 Å². The van der Waals surface area contributed by atoms with Crippen LogP contribution in [-0.2, 0) is 4.74 Å². The number of nitrogens with zero attached hydrogens (tertiary/aromatic N) is 2. The fourth-order valence-corrected chi connectivity index (χ4v) is 1.26. The Labute approximate surface area is 87.0 Å². The molecule has 0 saturated heterocycles. The summed E-state index contributed by atoms with van der Waals surface area (Å²) in [5.74, 6) is 1.06. The zero-order valence-electron chi connectivity index (χ0n) is 8.41. The molecule has 0 aromatic carbocycles. The van der Waals surface area contributed by atoms with Crippen molar-refractivity contribution in [1.82, 2.24) is 9.97 Å². The van der Waals surface area contributed by atoms with Crippen molar-refractivity contribution in [2.45, 2.75) is 0 Å². The number of hydrogen-bond donors (Lipinski definition) is 3. The fourth-order valence-electron chi connectivity index (χ4n) is 1.26. The summed E-state index contributed by atoms with van der Waals surface area (Å²) >= 11 is 0. The summed E-state index contributed by atoms with van der Waals surface area (Å²) in [7, 11) is 1.60. The predicted molar refractivity (Wildman–Crippen MR) is 55.9 cm³/mol. The Balaban J connectivity index is 2.09. The number of aromatic nitrogens is 2. The van der Waals surface area contributed by atoms with Gasteiger partial charge >= 0.3 is 6.01 Å². The summed E-state index contributed by atoms with van der Waals surface area (Å²) in [5, 5.41) is 6.04. The quantitative estimate of drug-likeness (QED) is 0.597. The second-order valence-corrected chi connectivity index (χ2v) is 2.99. The number of nitrogen functional groups attached to an aromatic ring is 1. The molecule has 2 rings (SSSR count). The highest BCUT2D eigenvalue weighted by Gasteiger charge is 2.16. The zero-order valence-corrected chi connectivity index (χ0v) is 8.41. The highest BCUT2D eigenvalue weighted by molar-refractivity contribution is 5.79. The van der Waals surface area contributed by atoms with Crippen LogP contribution in [0, 0.1) is 0 Å². The lowest BCUT2D eigenvalue weighted by Crippen LogP contribution is -2.08. The molecule has 1 aromatic heterocycles. The molecule has 1 aliphatic rings. The van der Waals surface area contributed by atoms with Gasteiger partial charge in [0.2, 0.25) is 0 Å². The number of methoxy groups -OCH3 is 1. The minimum absolute atomic E-state index is 0.263. The molecule has 0 saturated carbocycles. The van der Waals surface area contributed by atoms with E-state index in [9.17, 15) is 0 Å². The summed E-state index contributed by atoms with van der Waals surface area (Å²) in [4.78, 5) is 8.15. The van der Waals surface area contributed by atoms with Gasteiger partial charge in [0.1, 0.15) is 12.3 Å². The molecule has 0 unspecified atom stereocenters. The molecule has 0 bridgehead atoms. The highest BCUT2D eigenvalue weighted by atomic mass is 16.5. The second-order valence-electron chi connectivity index (χ2n) is 2.99. The van der Waals surface area contributed by atoms with Gasteiger partial charge in [-0.1, -0.05) is 0 Å². The maximum atomic E-state index is 5.71. The topological polar surface area (TPSA) is 94.3 Å². The van der Waals surface area contributed by atoms with Gasteiger partial charge in [-0.25, -0.2) is 0 Å². The molecule has 0 atom stereocenters. The van der Waals surface area contributed by atoms with E-state index in [1.165, 1.54) is 0 Å². The lowest BCUT2D eigenvalue weighted by Gasteiger charge is -2.06. The van der Waals surface area contributed by atoms with Crippen LogP contribution in [-0.4, -0.2) is 37.0 Å². The first-order valence-electron chi connectivity index (χ1n) is 4.58. The average Bonchev–Trinajstić information content (AvgIpc) is 2.66. The molecule has 1 aliphatic heterocycles. The molecule has 82 valence electrons. The van der Waals surface area contributed by atoms with Crippen LogP contribution in [0.3, 0.4) is 0 Å². The van der Waals surface area contributed by atoms with Gasteiger partial charge in [-0.2, -0.15) is 9.97 Å². The van der Waals surface area contributed by atoms with E-state index in [1.54, 1.807) is 7.11 Å². The van der Waals surface area contributed by atoms with Crippen molar-refractivity contribution in [3.63, 3.8) is 0 Å². The minimum Gasteiger partial charge on any atom is -0.461 e. The highest BCUT2D eigenvalue weighted by Crippen LogP contribution is 2.30. The van der Waals surface area contributed by atoms with Gasteiger partial charge in [-0.15, -0.1) is 0 Å². The standard InChI is InChI=1S/C8H13N5O2/c1-14-2-3-15-8-12-6(9)5-7(13-8)11-4-10-5/h10H,2-4H2,1H3,(H3,9,11,12,13). The molecule has 0 aliphatic carbocycles. The van der Waals surface area contributed by atoms with Gasteiger partial charge in [0.25, 0.3) is 0 Å². The van der Waals surface area contributed by atoms with Crippen molar-refractivity contribution >= 4 is 17.3 Å². The van der Waals surface area contributed by atoms with Crippen LogP contribution in [0.5, 0.6) is 6.01 Å². The third kappa shape index (κ3) is 2.01. The van der Waals surface area contributed by atoms with Gasteiger partial charge in [0.15, 0.2) is 11.6 Å². The maximum absolute atomic E-state index is 5.71. The number of nitrogens with one attached hydrogen (secondary N) is 2. The first kappa shape index (κ1) is 9.78. The molecular weight excluding hydrogens is 198 g/mol. The van der Waals surface area contributed by atoms with Crippen LogP contribution >= 0.6 is 0 Å². The van der Waals surface area contributed by atoms with E-state index in [4.69, 9.17) is 15.2 Å². The van der Waals surface area contributed by atoms with E-state index >= 15 is 0 Å². The number of fused-ring (bicyclic) bond motifs is 1. The fraction of sp³-hybridized carbons (Fsp3) is 0.500. The van der Waals surface area contributed by atoms with Crippen molar-refractivity contribution in [2.75, 3.05) is 43.4 Å². The second kappa shape index (κ2) is 4.18. The van der Waals surface area contributed by atoms with Crippen LogP contribution in [0.25, 0.3) is 0 Å². The first-order chi connectivity index (χ1) is 7.31. The van der Waals surface area contributed by atoms with Gasteiger partial charge in [-0.05, 0) is 0 Å². The number of ether oxygens (including phenoxy) is 2. The smallest absolute Gasteiger partial charge is 0.320 e. The summed E-state index contributed by atoms with van der Waals surface area (Å²) in [5.41, 5.74) is 6.44. The largest absolute Gasteiger partial charge is 0.461 e. The molecule has 1 aromatic rings. The average molecular weight is 211 g/mol. The van der Waals surface area contributed by atoms with Crippen molar-refractivity contribution in [3.05, 3.63) is 0 Å². The van der Waals surface area contributed by atoms with Crippen molar-refractivity contribution < 1.29 is 9.47 Å². The summed E-state index contributed by atoms with van der Waals surface area (Å²) < 4.78 is 10.1. The number of anilines is 3. The predicted octanol–water partition coefficient (Wildman–Crippen LogP) is -0.121. The van der Waals surface area contributed by atoms with Crippen LogP contribution in [0.4, 0.5) is 17.3 Å². The molecule has 7 heteroatoms. The Morgan fingerprint density at radius 1 is 1.33 bits per heavy atom. The van der Waals surface area contributed by atoms with Crippen LogP contribution in [0.2, 0.25) is 0 Å². The van der Waals surface area contributed by atoms with Gasteiger partial charge in [0.05, 0.1) is 13.3 Å². The van der Waals surface area contributed by atoms with Gasteiger partial charge in [0, 0.05) is 7.11 Å². The minimum atomic E-state index is 0.263. The lowest BCUT2D eigenvalue weighted by atomic mass is 10.4. The third-order valence-electron chi connectivity index (χ3n) is 1.96. The van der Waals surface area contributed by atoms with Gasteiger partial charge < -0.3 is 25.8 Å². The SMILES string of the molecule is COCCOc1nc(N)c2c(n1)NCN2. The molecule has 2 heterocycles. The summed E-state index contributed by atoms with van der Waals surface area (Å²) in [6.45, 7) is 1.50. The zero-order chi connectivity index (χ0) is 10.7. The summed E-state index contributed by atoms with van der Waals surface area (Å²) in [6, 6.07) is 0.263. The normalized spacial score (nSPS) is 12.9. The van der Waals surface area contributed by atoms with E-state index in [2.05, 4.69) is 20.6 Å². The molecule has 0 fully saturated rings. The Bertz CT molecular complexity index is 357. The lowest BCUT2D eigenvalue weighted by molar-refractivity contribution is 0.141. The molecule has 0 amide bonds. The monoisotopic (exact) mass is 211 g/mol. The Morgan fingerprint density at radius 3 is 3.00 bits per heavy atom. The number of hydrogen-bond acceptors (Lipinski definition) is 7. The van der Waals surface area contributed by atoms with E-state index in [0.717, 1.165) is 5.69 Å². The first-order valence-corrected chi connectivity index (χ1v) is 4.58. The van der Waals surface area contributed by atoms with E-state index < -0.39 is 0 Å². The molecule has 7 nitrogen and oxygen atoms in total. The Kier molecular flexibility index (Phi) is 2.72. The van der Waals surface area contributed by atoms with E-state index in [0.29, 0.717) is 31.5 Å². The van der Waals surface area contributed by atoms with Crippen molar-refractivity contribution in [2.24, 2.45) is 0 Å². The van der Waals surface area contributed by atoms with Crippen LogP contribution < -0.4 is 21.1 Å². The maximum Gasteiger partial charge on any atom is 0.320 e. The number of nitrogens with two attached hydrogens (primary N) is 1. The number of rotatable bonds is 4. The third-order valence-corrected chi connectivity index (χ3v) is 1.96. The van der Waals surface area contributed by atoms with Crippen molar-refractivity contribution in [1.29, 1.82) is 0 Å².